The second kappa shape index (κ2) is 3.93. The molecule has 0 amide bonds. The highest BCUT2D eigenvalue weighted by atomic mass is 15.2. The van der Waals surface area contributed by atoms with Gasteiger partial charge in [0, 0.05) is 24.0 Å². The molecule has 1 aromatic heterocycles. The van der Waals surface area contributed by atoms with E-state index in [0.29, 0.717) is 6.04 Å². The fourth-order valence-electron chi connectivity index (χ4n) is 2.49. The second-order valence-electron chi connectivity index (χ2n) is 5.31. The average molecular weight is 204 g/mol. The lowest BCUT2D eigenvalue weighted by molar-refractivity contribution is 0.121. The summed E-state index contributed by atoms with van der Waals surface area (Å²) < 4.78 is 0. The summed E-state index contributed by atoms with van der Waals surface area (Å²) in [5.74, 6) is 0. The minimum Gasteiger partial charge on any atom is -0.291 e. The van der Waals surface area contributed by atoms with Crippen LogP contribution >= 0.6 is 0 Å². The fourth-order valence-corrected chi connectivity index (χ4v) is 2.49. The van der Waals surface area contributed by atoms with Crippen LogP contribution < -0.4 is 0 Å². The molecule has 0 N–H and O–H groups in total. The fraction of sp³-hybridized carbons (Fsp3) is 0.615. The molecule has 0 bridgehead atoms. The molecule has 15 heavy (non-hydrogen) atoms. The van der Waals surface area contributed by atoms with Crippen molar-refractivity contribution in [3.63, 3.8) is 0 Å². The first kappa shape index (κ1) is 10.6. The van der Waals surface area contributed by atoms with Crippen LogP contribution in [0.4, 0.5) is 0 Å². The lowest BCUT2D eigenvalue weighted by Gasteiger charge is -2.37. The van der Waals surface area contributed by atoms with Gasteiger partial charge in [-0.1, -0.05) is 6.07 Å². The molecule has 0 radical (unpaired) electrons. The summed E-state index contributed by atoms with van der Waals surface area (Å²) in [6, 6.07) is 4.80. The normalized spacial score (nSPS) is 23.3. The van der Waals surface area contributed by atoms with Crippen LogP contribution in [0.1, 0.15) is 45.2 Å². The average Bonchev–Trinajstić information content (AvgIpc) is 2.67. The van der Waals surface area contributed by atoms with Crippen molar-refractivity contribution in [2.45, 2.75) is 45.2 Å². The Morgan fingerprint density at radius 2 is 2.20 bits per heavy atom. The Balaban J connectivity index is 2.23. The molecule has 0 spiro atoms. The number of nitrogens with zero attached hydrogens (tertiary/aromatic N) is 2. The lowest BCUT2D eigenvalue weighted by atomic mass is 10.0. The van der Waals surface area contributed by atoms with E-state index in [-0.39, 0.29) is 5.54 Å². The van der Waals surface area contributed by atoms with Crippen molar-refractivity contribution in [3.8, 4) is 0 Å². The first-order valence-corrected chi connectivity index (χ1v) is 5.76. The van der Waals surface area contributed by atoms with Gasteiger partial charge in [-0.15, -0.1) is 0 Å². The van der Waals surface area contributed by atoms with Crippen LogP contribution in [-0.2, 0) is 0 Å². The van der Waals surface area contributed by atoms with Crippen molar-refractivity contribution in [1.82, 2.24) is 9.88 Å². The van der Waals surface area contributed by atoms with Crippen LogP contribution in [0.5, 0.6) is 0 Å². The predicted molar refractivity (Wildman–Crippen MR) is 62.7 cm³/mol. The molecule has 0 unspecified atom stereocenters. The van der Waals surface area contributed by atoms with E-state index in [1.807, 2.05) is 18.5 Å². The monoisotopic (exact) mass is 204 g/mol. The number of pyridine rings is 1. The maximum absolute atomic E-state index is 4.22. The van der Waals surface area contributed by atoms with Crippen molar-refractivity contribution in [2.24, 2.45) is 0 Å². The molecule has 2 rings (SSSR count). The molecule has 1 aliphatic rings. The molecular weight excluding hydrogens is 184 g/mol. The Morgan fingerprint density at radius 1 is 1.40 bits per heavy atom. The summed E-state index contributed by atoms with van der Waals surface area (Å²) in [6.45, 7) is 8.09. The quantitative estimate of drug-likeness (QED) is 0.699. The van der Waals surface area contributed by atoms with Crippen molar-refractivity contribution >= 4 is 0 Å². The molecule has 1 aromatic rings. The van der Waals surface area contributed by atoms with E-state index in [1.165, 1.54) is 24.9 Å². The zero-order valence-corrected chi connectivity index (χ0v) is 9.90. The van der Waals surface area contributed by atoms with Crippen molar-refractivity contribution < 1.29 is 0 Å². The van der Waals surface area contributed by atoms with Gasteiger partial charge in [0.25, 0.3) is 0 Å². The summed E-state index contributed by atoms with van der Waals surface area (Å²) in [7, 11) is 0. The van der Waals surface area contributed by atoms with Gasteiger partial charge in [-0.2, -0.15) is 0 Å². The summed E-state index contributed by atoms with van der Waals surface area (Å²) >= 11 is 0. The number of likely N-dealkylation sites (tertiary alicyclic amines) is 1. The Hall–Kier alpha value is -0.890. The van der Waals surface area contributed by atoms with Crippen LogP contribution in [0.3, 0.4) is 0 Å². The first-order chi connectivity index (χ1) is 7.09. The predicted octanol–water partition coefficient (Wildman–Crippen LogP) is 3.02. The molecule has 1 aliphatic heterocycles. The van der Waals surface area contributed by atoms with E-state index >= 15 is 0 Å². The molecule has 1 fully saturated rings. The molecular formula is C13H20N2. The second-order valence-corrected chi connectivity index (χ2v) is 5.31. The molecule has 1 atom stereocenters. The summed E-state index contributed by atoms with van der Waals surface area (Å²) in [5.41, 5.74) is 1.63. The van der Waals surface area contributed by atoms with E-state index in [1.54, 1.807) is 0 Å². The maximum atomic E-state index is 4.22. The van der Waals surface area contributed by atoms with Gasteiger partial charge in [0.2, 0.25) is 0 Å². The SMILES string of the molecule is CC(C)(C)N1CCC[C@@H]1c1cccnc1. The van der Waals surface area contributed by atoms with Gasteiger partial charge in [0.15, 0.2) is 0 Å². The number of hydrogen-bond donors (Lipinski definition) is 0. The third kappa shape index (κ3) is 2.20. The molecule has 2 heteroatoms. The van der Waals surface area contributed by atoms with Crippen molar-refractivity contribution in [3.05, 3.63) is 30.1 Å². The van der Waals surface area contributed by atoms with E-state index in [0.717, 1.165) is 0 Å². The molecule has 0 aromatic carbocycles. The molecule has 0 aliphatic carbocycles. The summed E-state index contributed by atoms with van der Waals surface area (Å²) in [5, 5.41) is 0. The lowest BCUT2D eigenvalue weighted by Crippen LogP contribution is -2.40. The highest BCUT2D eigenvalue weighted by Gasteiger charge is 2.33. The van der Waals surface area contributed by atoms with Gasteiger partial charge in [-0.25, -0.2) is 0 Å². The Morgan fingerprint density at radius 3 is 2.80 bits per heavy atom. The zero-order valence-electron chi connectivity index (χ0n) is 9.90. The molecule has 82 valence electrons. The molecule has 1 saturated heterocycles. The van der Waals surface area contributed by atoms with Crippen molar-refractivity contribution in [1.29, 1.82) is 0 Å². The smallest absolute Gasteiger partial charge is 0.0369 e. The van der Waals surface area contributed by atoms with Gasteiger partial charge in [0.1, 0.15) is 0 Å². The van der Waals surface area contributed by atoms with E-state index < -0.39 is 0 Å². The first-order valence-electron chi connectivity index (χ1n) is 5.76. The third-order valence-corrected chi connectivity index (χ3v) is 3.18. The minimum absolute atomic E-state index is 0.261. The third-order valence-electron chi connectivity index (χ3n) is 3.18. The van der Waals surface area contributed by atoms with Crippen LogP contribution in [0, 0.1) is 0 Å². The minimum atomic E-state index is 0.261. The van der Waals surface area contributed by atoms with E-state index in [4.69, 9.17) is 0 Å². The van der Waals surface area contributed by atoms with Crippen LogP contribution in [0.25, 0.3) is 0 Å². The molecule has 2 heterocycles. The standard InChI is InChI=1S/C13H20N2/c1-13(2,3)15-9-5-7-12(15)11-6-4-8-14-10-11/h4,6,8,10,12H,5,7,9H2,1-3H3/t12-/m1/s1. The van der Waals surface area contributed by atoms with Crippen LogP contribution in [-0.4, -0.2) is 22.0 Å². The Kier molecular flexibility index (Phi) is 2.79. The molecule has 2 nitrogen and oxygen atoms in total. The highest BCUT2D eigenvalue weighted by Crippen LogP contribution is 2.36. The van der Waals surface area contributed by atoms with Gasteiger partial charge in [-0.3, -0.25) is 9.88 Å². The highest BCUT2D eigenvalue weighted by molar-refractivity contribution is 5.16. The number of rotatable bonds is 1. The van der Waals surface area contributed by atoms with Gasteiger partial charge >= 0.3 is 0 Å². The van der Waals surface area contributed by atoms with E-state index in [9.17, 15) is 0 Å². The molecule has 0 saturated carbocycles. The summed E-state index contributed by atoms with van der Waals surface area (Å²) in [4.78, 5) is 6.81. The van der Waals surface area contributed by atoms with E-state index in [2.05, 4.69) is 36.7 Å². The van der Waals surface area contributed by atoms with Gasteiger partial charge in [-0.05, 0) is 51.8 Å². The number of aromatic nitrogens is 1. The largest absolute Gasteiger partial charge is 0.291 e. The van der Waals surface area contributed by atoms with Gasteiger partial charge in [0.05, 0.1) is 0 Å². The Labute approximate surface area is 92.3 Å². The van der Waals surface area contributed by atoms with Gasteiger partial charge < -0.3 is 0 Å². The van der Waals surface area contributed by atoms with Crippen molar-refractivity contribution in [2.75, 3.05) is 6.54 Å². The number of hydrogen-bond acceptors (Lipinski definition) is 2. The maximum Gasteiger partial charge on any atom is 0.0369 e. The Bertz CT molecular complexity index is 313. The topological polar surface area (TPSA) is 16.1 Å². The van der Waals surface area contributed by atoms with Crippen LogP contribution in [0.2, 0.25) is 0 Å². The zero-order chi connectivity index (χ0) is 10.9. The van der Waals surface area contributed by atoms with Crippen LogP contribution in [0.15, 0.2) is 24.5 Å². The summed E-state index contributed by atoms with van der Waals surface area (Å²) in [6.07, 6.45) is 6.43.